The van der Waals surface area contributed by atoms with Crippen molar-refractivity contribution in [1.82, 2.24) is 9.88 Å². The number of likely N-dealkylation sites (tertiary alicyclic amines) is 1. The summed E-state index contributed by atoms with van der Waals surface area (Å²) < 4.78 is 0. The van der Waals surface area contributed by atoms with Crippen molar-refractivity contribution in [1.29, 1.82) is 0 Å². The molecule has 0 radical (unpaired) electrons. The molecule has 0 spiro atoms. The van der Waals surface area contributed by atoms with Crippen LogP contribution in [-0.4, -0.2) is 47.2 Å². The fourth-order valence-electron chi connectivity index (χ4n) is 4.13. The number of aryl methyl sites for hydroxylation is 1. The van der Waals surface area contributed by atoms with Crippen LogP contribution in [0.3, 0.4) is 0 Å². The van der Waals surface area contributed by atoms with Crippen LogP contribution < -0.4 is 10.2 Å². The highest BCUT2D eigenvalue weighted by atomic mass is 32.1. The lowest BCUT2D eigenvalue weighted by Gasteiger charge is -2.31. The number of piperidine rings is 1. The number of fused-ring (bicyclic) bond motifs is 1. The average molecular weight is 427 g/mol. The summed E-state index contributed by atoms with van der Waals surface area (Å²) in [6.45, 7) is 5.56. The molecule has 8 heteroatoms. The maximum absolute atomic E-state index is 13.0. The van der Waals surface area contributed by atoms with Gasteiger partial charge in [0.05, 0.1) is 5.69 Å². The molecule has 158 valence electrons. The Hall–Kier alpha value is -2.74. The fraction of sp³-hybridized carbons (Fsp3) is 0.455. The Kier molecular flexibility index (Phi) is 5.85. The van der Waals surface area contributed by atoms with E-state index in [4.69, 9.17) is 0 Å². The maximum Gasteiger partial charge on any atom is 0.253 e. The second kappa shape index (κ2) is 8.55. The number of carbonyl (C=O) groups excluding carboxylic acids is 3. The van der Waals surface area contributed by atoms with Gasteiger partial charge < -0.3 is 15.1 Å². The number of anilines is 2. The fourth-order valence-corrected chi connectivity index (χ4v) is 4.82. The molecule has 0 aliphatic carbocycles. The summed E-state index contributed by atoms with van der Waals surface area (Å²) in [6.07, 6.45) is 2.54. The van der Waals surface area contributed by atoms with Gasteiger partial charge in [0.2, 0.25) is 11.8 Å². The van der Waals surface area contributed by atoms with Crippen molar-refractivity contribution < 1.29 is 14.4 Å². The molecule has 1 saturated heterocycles. The number of amides is 3. The van der Waals surface area contributed by atoms with E-state index in [0.717, 1.165) is 23.4 Å². The van der Waals surface area contributed by atoms with Gasteiger partial charge in [-0.1, -0.05) is 6.92 Å². The highest BCUT2D eigenvalue weighted by Crippen LogP contribution is 2.30. The van der Waals surface area contributed by atoms with Crippen molar-refractivity contribution in [3.63, 3.8) is 0 Å². The second-order valence-electron chi connectivity index (χ2n) is 7.84. The van der Waals surface area contributed by atoms with Crippen LogP contribution in [0.4, 0.5) is 10.8 Å². The van der Waals surface area contributed by atoms with E-state index in [0.29, 0.717) is 49.6 Å². The zero-order valence-electron chi connectivity index (χ0n) is 17.3. The SMILES string of the molecule is CCC(=O)N1CCc2cc(C(=O)N3CCC(C(=O)Nc4nc(C)cs4)CC3)ccc21. The minimum atomic E-state index is -0.105. The van der Waals surface area contributed by atoms with Crippen LogP contribution in [0.25, 0.3) is 0 Å². The van der Waals surface area contributed by atoms with Crippen molar-refractivity contribution in [3.05, 3.63) is 40.4 Å². The van der Waals surface area contributed by atoms with Gasteiger partial charge in [0.25, 0.3) is 5.91 Å². The summed E-state index contributed by atoms with van der Waals surface area (Å²) in [5.74, 6) is -0.0184. The lowest BCUT2D eigenvalue weighted by atomic mass is 9.95. The third kappa shape index (κ3) is 4.09. The van der Waals surface area contributed by atoms with E-state index in [1.165, 1.54) is 11.3 Å². The van der Waals surface area contributed by atoms with Crippen molar-refractivity contribution >= 4 is 39.9 Å². The lowest BCUT2D eigenvalue weighted by Crippen LogP contribution is -2.41. The van der Waals surface area contributed by atoms with E-state index < -0.39 is 0 Å². The van der Waals surface area contributed by atoms with E-state index in [1.54, 1.807) is 4.90 Å². The number of thiazole rings is 1. The van der Waals surface area contributed by atoms with E-state index in [9.17, 15) is 14.4 Å². The first-order chi connectivity index (χ1) is 14.5. The number of nitrogens with one attached hydrogen (secondary N) is 1. The van der Waals surface area contributed by atoms with Gasteiger partial charge in [0.15, 0.2) is 5.13 Å². The van der Waals surface area contributed by atoms with Gasteiger partial charge in [-0.15, -0.1) is 11.3 Å². The molecule has 0 saturated carbocycles. The Morgan fingerprint density at radius 3 is 2.63 bits per heavy atom. The van der Waals surface area contributed by atoms with Crippen molar-refractivity contribution in [2.24, 2.45) is 5.92 Å². The van der Waals surface area contributed by atoms with E-state index in [-0.39, 0.29) is 23.6 Å². The zero-order valence-corrected chi connectivity index (χ0v) is 18.1. The number of carbonyl (C=O) groups is 3. The zero-order chi connectivity index (χ0) is 21.3. The first-order valence-corrected chi connectivity index (χ1v) is 11.3. The molecule has 2 aliphatic heterocycles. The molecule has 1 aromatic heterocycles. The highest BCUT2D eigenvalue weighted by molar-refractivity contribution is 7.13. The predicted molar refractivity (Wildman–Crippen MR) is 117 cm³/mol. The van der Waals surface area contributed by atoms with Gasteiger partial charge in [0.1, 0.15) is 0 Å². The summed E-state index contributed by atoms with van der Waals surface area (Å²) in [4.78, 5) is 45.4. The molecular weight excluding hydrogens is 400 g/mol. The number of rotatable bonds is 4. The second-order valence-corrected chi connectivity index (χ2v) is 8.70. The van der Waals surface area contributed by atoms with Crippen LogP contribution in [0.15, 0.2) is 23.6 Å². The molecule has 2 aromatic rings. The van der Waals surface area contributed by atoms with Gasteiger partial charge >= 0.3 is 0 Å². The van der Waals surface area contributed by atoms with Crippen LogP contribution in [-0.2, 0) is 16.0 Å². The van der Waals surface area contributed by atoms with Crippen molar-refractivity contribution in [3.8, 4) is 0 Å². The molecule has 0 unspecified atom stereocenters. The lowest BCUT2D eigenvalue weighted by molar-refractivity contribution is -0.121. The number of benzene rings is 1. The van der Waals surface area contributed by atoms with Gasteiger partial charge in [-0.05, 0) is 49.9 Å². The van der Waals surface area contributed by atoms with Gasteiger partial charge in [-0.25, -0.2) is 4.98 Å². The van der Waals surface area contributed by atoms with Crippen molar-refractivity contribution in [2.75, 3.05) is 29.9 Å². The molecule has 0 bridgehead atoms. The third-order valence-electron chi connectivity index (χ3n) is 5.83. The van der Waals surface area contributed by atoms with E-state index >= 15 is 0 Å². The number of aromatic nitrogens is 1. The molecule has 30 heavy (non-hydrogen) atoms. The molecule has 1 aromatic carbocycles. The molecule has 2 aliphatic rings. The summed E-state index contributed by atoms with van der Waals surface area (Å²) in [7, 11) is 0. The summed E-state index contributed by atoms with van der Waals surface area (Å²) in [5.41, 5.74) is 3.52. The average Bonchev–Trinajstić information content (AvgIpc) is 3.38. The molecule has 3 amide bonds. The smallest absolute Gasteiger partial charge is 0.253 e. The monoisotopic (exact) mass is 426 g/mol. The van der Waals surface area contributed by atoms with Gasteiger partial charge in [-0.3, -0.25) is 14.4 Å². The van der Waals surface area contributed by atoms with Crippen LogP contribution in [0, 0.1) is 12.8 Å². The molecule has 7 nitrogen and oxygen atoms in total. The third-order valence-corrected chi connectivity index (χ3v) is 6.70. The number of nitrogens with zero attached hydrogens (tertiary/aromatic N) is 3. The summed E-state index contributed by atoms with van der Waals surface area (Å²) in [6, 6.07) is 5.62. The van der Waals surface area contributed by atoms with Crippen molar-refractivity contribution in [2.45, 2.75) is 39.5 Å². The Balaban J connectivity index is 1.35. The normalized spacial score (nSPS) is 16.5. The first kappa shape index (κ1) is 20.5. The molecular formula is C22H26N4O3S. The van der Waals surface area contributed by atoms with Crippen LogP contribution in [0.1, 0.15) is 47.8 Å². The van der Waals surface area contributed by atoms with E-state index in [1.807, 2.05) is 42.3 Å². The quantitative estimate of drug-likeness (QED) is 0.814. The predicted octanol–water partition coefficient (Wildman–Crippen LogP) is 3.24. The standard InChI is InChI=1S/C22H26N4O3S/c1-3-19(27)26-11-8-16-12-17(4-5-18(16)26)21(29)25-9-6-15(7-10-25)20(28)24-22-23-14(2)13-30-22/h4-5,12-13,15H,3,6-11H2,1-2H3,(H,23,24,28). The van der Waals surface area contributed by atoms with Gasteiger partial charge in [-0.2, -0.15) is 0 Å². The molecule has 3 heterocycles. The first-order valence-electron chi connectivity index (χ1n) is 10.4. The molecule has 4 rings (SSSR count). The van der Waals surface area contributed by atoms with Crippen LogP contribution in [0.5, 0.6) is 0 Å². The van der Waals surface area contributed by atoms with Crippen LogP contribution >= 0.6 is 11.3 Å². The molecule has 0 atom stereocenters. The Labute approximate surface area is 180 Å². The molecule has 1 N–H and O–H groups in total. The maximum atomic E-state index is 13.0. The Morgan fingerprint density at radius 1 is 1.20 bits per heavy atom. The number of hydrogen-bond acceptors (Lipinski definition) is 5. The minimum absolute atomic E-state index is 0.00697. The molecule has 1 fully saturated rings. The number of hydrogen-bond donors (Lipinski definition) is 1. The van der Waals surface area contributed by atoms with E-state index in [2.05, 4.69) is 10.3 Å². The van der Waals surface area contributed by atoms with Gasteiger partial charge in [0, 0.05) is 48.6 Å². The Bertz CT molecular complexity index is 979. The topological polar surface area (TPSA) is 82.6 Å². The van der Waals surface area contributed by atoms with Crippen LogP contribution in [0.2, 0.25) is 0 Å². The minimum Gasteiger partial charge on any atom is -0.339 e. The Morgan fingerprint density at radius 2 is 1.97 bits per heavy atom. The highest BCUT2D eigenvalue weighted by Gasteiger charge is 2.30. The summed E-state index contributed by atoms with van der Waals surface area (Å²) in [5, 5.41) is 5.42. The largest absolute Gasteiger partial charge is 0.339 e. The summed E-state index contributed by atoms with van der Waals surface area (Å²) >= 11 is 1.43.